The van der Waals surface area contributed by atoms with Gasteiger partial charge in [0, 0.05) is 40.2 Å². The summed E-state index contributed by atoms with van der Waals surface area (Å²) in [5.41, 5.74) is 2.42. The van der Waals surface area contributed by atoms with E-state index in [-0.39, 0.29) is 18.2 Å². The highest BCUT2D eigenvalue weighted by molar-refractivity contribution is 6.30. The van der Waals surface area contributed by atoms with Crippen LogP contribution in [0.1, 0.15) is 41.0 Å². The lowest BCUT2D eigenvalue weighted by Gasteiger charge is -2.20. The van der Waals surface area contributed by atoms with Crippen molar-refractivity contribution in [1.82, 2.24) is 4.57 Å². The molecular formula is C30H27ClF3NO5. The third-order valence-electron chi connectivity index (χ3n) is 6.40. The summed E-state index contributed by atoms with van der Waals surface area (Å²) < 4.78 is 55.7. The van der Waals surface area contributed by atoms with E-state index in [1.54, 1.807) is 54.0 Å². The maximum atomic E-state index is 13.6. The van der Waals surface area contributed by atoms with E-state index in [4.69, 9.17) is 21.1 Å². The summed E-state index contributed by atoms with van der Waals surface area (Å²) in [6, 6.07) is 17.3. The molecular weight excluding hydrogens is 547 g/mol. The molecule has 0 aliphatic carbocycles. The SMILES string of the molecule is COC(=O)[C@@H](Oc1cccc(Cn2c(C)c(C(=O)c3ccc(Cl)cc3)c3ccc(OC(F)(F)F)cc32)c1)C(C)C. The van der Waals surface area contributed by atoms with Crippen LogP contribution < -0.4 is 9.47 Å². The maximum absolute atomic E-state index is 13.6. The zero-order valence-electron chi connectivity index (χ0n) is 22.2. The number of methoxy groups -OCH3 is 1. The molecule has 10 heteroatoms. The first-order valence-electron chi connectivity index (χ1n) is 12.4. The summed E-state index contributed by atoms with van der Waals surface area (Å²) >= 11 is 5.98. The minimum Gasteiger partial charge on any atom is -0.478 e. The van der Waals surface area contributed by atoms with Crippen molar-refractivity contribution in [3.63, 3.8) is 0 Å². The van der Waals surface area contributed by atoms with Crippen LogP contribution >= 0.6 is 11.6 Å². The van der Waals surface area contributed by atoms with E-state index >= 15 is 0 Å². The lowest BCUT2D eigenvalue weighted by Crippen LogP contribution is -2.33. The fraction of sp³-hybridized carbons (Fsp3) is 0.267. The highest BCUT2D eigenvalue weighted by atomic mass is 35.5. The van der Waals surface area contributed by atoms with E-state index in [0.29, 0.717) is 38.5 Å². The number of benzene rings is 3. The minimum absolute atomic E-state index is 0.153. The van der Waals surface area contributed by atoms with Crippen molar-refractivity contribution < 1.29 is 37.0 Å². The van der Waals surface area contributed by atoms with Gasteiger partial charge in [0.05, 0.1) is 18.2 Å². The van der Waals surface area contributed by atoms with Crippen LogP contribution in [0.2, 0.25) is 5.02 Å². The molecule has 0 saturated carbocycles. The number of rotatable bonds is 9. The van der Waals surface area contributed by atoms with E-state index in [1.807, 2.05) is 19.9 Å². The van der Waals surface area contributed by atoms with Gasteiger partial charge in [0.2, 0.25) is 0 Å². The molecule has 0 N–H and O–H groups in total. The van der Waals surface area contributed by atoms with Gasteiger partial charge in [0.25, 0.3) is 0 Å². The van der Waals surface area contributed by atoms with Crippen LogP contribution in [0.4, 0.5) is 13.2 Å². The average Bonchev–Trinajstić information content (AvgIpc) is 3.16. The number of alkyl halides is 3. The van der Waals surface area contributed by atoms with Crippen molar-refractivity contribution in [3.05, 3.63) is 94.1 Å². The summed E-state index contributed by atoms with van der Waals surface area (Å²) in [6.45, 7) is 5.61. The summed E-state index contributed by atoms with van der Waals surface area (Å²) in [4.78, 5) is 25.7. The van der Waals surface area contributed by atoms with E-state index in [2.05, 4.69) is 4.74 Å². The lowest BCUT2D eigenvalue weighted by molar-refractivity contribution is -0.274. The monoisotopic (exact) mass is 573 g/mol. The second-order valence-corrected chi connectivity index (χ2v) is 10.00. The molecule has 4 aromatic rings. The van der Waals surface area contributed by atoms with E-state index in [0.717, 1.165) is 5.56 Å². The Morgan fingerprint density at radius 2 is 1.68 bits per heavy atom. The van der Waals surface area contributed by atoms with Crippen LogP contribution in [-0.2, 0) is 16.1 Å². The maximum Gasteiger partial charge on any atom is 0.573 e. The van der Waals surface area contributed by atoms with Gasteiger partial charge in [-0.3, -0.25) is 4.79 Å². The van der Waals surface area contributed by atoms with Crippen molar-refractivity contribution in [1.29, 1.82) is 0 Å². The van der Waals surface area contributed by atoms with Gasteiger partial charge >= 0.3 is 12.3 Å². The number of halogens is 4. The summed E-state index contributed by atoms with van der Waals surface area (Å²) in [6.07, 6.45) is -5.69. The van der Waals surface area contributed by atoms with E-state index < -0.39 is 24.2 Å². The molecule has 0 radical (unpaired) electrons. The standard InChI is InChI=1S/C30H27ClF3NO5/c1-17(2)28(29(37)38-4)39-22-7-5-6-19(14-22)16-35-18(3)26(27(36)20-8-10-21(31)11-9-20)24-13-12-23(15-25(24)35)40-30(32,33)34/h5-15,17,28H,16H2,1-4H3/t28-/m0/s1. The number of ketones is 1. The number of carbonyl (C=O) groups excluding carboxylic acids is 2. The van der Waals surface area contributed by atoms with Gasteiger partial charge in [0.1, 0.15) is 11.5 Å². The molecule has 40 heavy (non-hydrogen) atoms. The normalized spacial score (nSPS) is 12.4. The Bertz CT molecular complexity index is 1540. The Morgan fingerprint density at radius 1 is 0.975 bits per heavy atom. The molecule has 0 saturated heterocycles. The van der Waals surface area contributed by atoms with Crippen LogP contribution in [0.15, 0.2) is 66.7 Å². The molecule has 0 aliphatic heterocycles. The van der Waals surface area contributed by atoms with Crippen molar-refractivity contribution in [2.75, 3.05) is 7.11 Å². The average molecular weight is 574 g/mol. The smallest absolute Gasteiger partial charge is 0.478 e. The van der Waals surface area contributed by atoms with Crippen LogP contribution in [0.3, 0.4) is 0 Å². The zero-order valence-corrected chi connectivity index (χ0v) is 23.0. The molecule has 1 heterocycles. The highest BCUT2D eigenvalue weighted by Crippen LogP contribution is 2.34. The predicted molar refractivity (Wildman–Crippen MR) is 145 cm³/mol. The van der Waals surface area contributed by atoms with Gasteiger partial charge in [-0.1, -0.05) is 37.6 Å². The van der Waals surface area contributed by atoms with Crippen molar-refractivity contribution in [3.8, 4) is 11.5 Å². The summed E-state index contributed by atoms with van der Waals surface area (Å²) in [5, 5.41) is 0.948. The molecule has 6 nitrogen and oxygen atoms in total. The zero-order chi connectivity index (χ0) is 29.2. The van der Waals surface area contributed by atoms with Crippen LogP contribution in [0, 0.1) is 12.8 Å². The van der Waals surface area contributed by atoms with E-state index in [1.165, 1.54) is 25.3 Å². The number of hydrogen-bond acceptors (Lipinski definition) is 5. The van der Waals surface area contributed by atoms with Crippen LogP contribution in [-0.4, -0.2) is 35.9 Å². The molecule has 0 spiro atoms. The van der Waals surface area contributed by atoms with Crippen LogP contribution in [0.25, 0.3) is 10.9 Å². The molecule has 0 amide bonds. The Hall–Kier alpha value is -3.98. The van der Waals surface area contributed by atoms with Gasteiger partial charge in [-0.05, 0) is 61.0 Å². The highest BCUT2D eigenvalue weighted by Gasteiger charge is 2.32. The Kier molecular flexibility index (Phi) is 8.44. The van der Waals surface area contributed by atoms with Crippen molar-refractivity contribution in [2.45, 2.75) is 39.8 Å². The number of esters is 1. The van der Waals surface area contributed by atoms with Gasteiger partial charge in [-0.25, -0.2) is 4.79 Å². The summed E-state index contributed by atoms with van der Waals surface area (Å²) in [7, 11) is 1.29. The second-order valence-electron chi connectivity index (χ2n) is 9.56. The molecule has 0 unspecified atom stereocenters. The third kappa shape index (κ3) is 6.42. The first kappa shape index (κ1) is 29.0. The number of hydrogen-bond donors (Lipinski definition) is 0. The van der Waals surface area contributed by atoms with Crippen LogP contribution in [0.5, 0.6) is 11.5 Å². The number of fused-ring (bicyclic) bond motifs is 1. The molecule has 0 bridgehead atoms. The molecule has 1 atom stereocenters. The van der Waals surface area contributed by atoms with Gasteiger partial charge in [-0.2, -0.15) is 0 Å². The Balaban J connectivity index is 1.78. The number of nitrogens with zero attached hydrogens (tertiary/aromatic N) is 1. The Morgan fingerprint density at radius 3 is 2.30 bits per heavy atom. The molecule has 0 fully saturated rings. The largest absolute Gasteiger partial charge is 0.573 e. The minimum atomic E-state index is -4.87. The predicted octanol–water partition coefficient (Wildman–Crippen LogP) is 7.36. The second kappa shape index (κ2) is 11.6. The Labute approximate surface area is 234 Å². The molecule has 0 aliphatic rings. The van der Waals surface area contributed by atoms with E-state index in [9.17, 15) is 22.8 Å². The lowest BCUT2D eigenvalue weighted by atomic mass is 10.0. The molecule has 210 valence electrons. The fourth-order valence-corrected chi connectivity index (χ4v) is 4.63. The topological polar surface area (TPSA) is 66.8 Å². The quantitative estimate of drug-likeness (QED) is 0.155. The molecule has 4 rings (SSSR count). The summed E-state index contributed by atoms with van der Waals surface area (Å²) in [5.74, 6) is -0.929. The number of ether oxygens (including phenoxy) is 3. The first-order valence-corrected chi connectivity index (χ1v) is 12.8. The molecule has 1 aromatic heterocycles. The first-order chi connectivity index (χ1) is 18.9. The number of carbonyl (C=O) groups is 2. The third-order valence-corrected chi connectivity index (χ3v) is 6.66. The van der Waals surface area contributed by atoms with Crippen molar-refractivity contribution in [2.24, 2.45) is 5.92 Å². The number of aromatic nitrogens is 1. The van der Waals surface area contributed by atoms with Gasteiger partial charge in [0.15, 0.2) is 11.9 Å². The van der Waals surface area contributed by atoms with Gasteiger partial charge < -0.3 is 18.8 Å². The van der Waals surface area contributed by atoms with Crippen molar-refractivity contribution >= 4 is 34.3 Å². The fourth-order valence-electron chi connectivity index (χ4n) is 4.51. The molecule has 3 aromatic carbocycles. The van der Waals surface area contributed by atoms with Gasteiger partial charge in [-0.15, -0.1) is 13.2 Å².